The number of amides is 2. The number of carbonyl (C=O) groups is 3. The zero-order chi connectivity index (χ0) is 23.0. The fourth-order valence-corrected chi connectivity index (χ4v) is 5.55. The Balaban J connectivity index is 1.62. The lowest BCUT2D eigenvalue weighted by molar-refractivity contribution is -0.122. The number of ether oxygens (including phenoxy) is 1. The molecule has 0 radical (unpaired) electrons. The Kier molecular flexibility index (Phi) is 5.83. The molecule has 8 nitrogen and oxygen atoms in total. The van der Waals surface area contributed by atoms with Gasteiger partial charge < -0.3 is 4.74 Å². The highest BCUT2D eigenvalue weighted by molar-refractivity contribution is 7.89. The molecule has 2 aromatic carbocycles. The number of hydrogen-bond acceptors (Lipinski definition) is 6. The van der Waals surface area contributed by atoms with Crippen LogP contribution in [0.1, 0.15) is 36.5 Å². The van der Waals surface area contributed by atoms with Crippen LogP contribution in [0.4, 0.5) is 10.1 Å². The summed E-state index contributed by atoms with van der Waals surface area (Å²) < 4.78 is 45.8. The molecule has 1 aliphatic heterocycles. The van der Waals surface area contributed by atoms with E-state index in [2.05, 4.69) is 0 Å². The largest absolute Gasteiger partial charge is 0.462 e. The molecule has 0 spiro atoms. The van der Waals surface area contributed by atoms with Gasteiger partial charge >= 0.3 is 5.97 Å². The number of nitrogens with zero attached hydrogens (tertiary/aromatic N) is 2. The number of imide groups is 1. The SMILES string of the molecule is CCOC(=O)c1ccc(N2C(=O)CC(N(C3CC3)S(=O)(=O)c3ccc(F)cc3)C2=O)cc1. The molecule has 1 saturated heterocycles. The monoisotopic (exact) mass is 460 g/mol. The van der Waals surface area contributed by atoms with Gasteiger partial charge in [0, 0.05) is 6.04 Å². The fraction of sp³-hybridized carbons (Fsp3) is 0.318. The number of esters is 1. The molecule has 1 saturated carbocycles. The Bertz CT molecular complexity index is 1160. The van der Waals surface area contributed by atoms with Crippen LogP contribution in [0.2, 0.25) is 0 Å². The van der Waals surface area contributed by atoms with E-state index in [0.29, 0.717) is 12.8 Å². The number of anilines is 1. The number of carbonyl (C=O) groups excluding carboxylic acids is 3. The lowest BCUT2D eigenvalue weighted by Gasteiger charge is -2.26. The molecule has 0 bridgehead atoms. The predicted octanol–water partition coefficient (Wildman–Crippen LogP) is 2.49. The van der Waals surface area contributed by atoms with E-state index in [1.54, 1.807) is 6.92 Å². The van der Waals surface area contributed by atoms with E-state index >= 15 is 0 Å². The van der Waals surface area contributed by atoms with Crippen LogP contribution in [0.15, 0.2) is 53.4 Å². The summed E-state index contributed by atoms with van der Waals surface area (Å²) in [5.41, 5.74) is 0.509. The molecule has 32 heavy (non-hydrogen) atoms. The van der Waals surface area contributed by atoms with Crippen molar-refractivity contribution in [2.45, 2.75) is 43.2 Å². The third kappa shape index (κ3) is 4.03. The summed E-state index contributed by atoms with van der Waals surface area (Å²) >= 11 is 0. The first-order valence-electron chi connectivity index (χ1n) is 10.2. The van der Waals surface area contributed by atoms with Gasteiger partial charge in [0.15, 0.2) is 0 Å². The topological polar surface area (TPSA) is 101 Å². The quantitative estimate of drug-likeness (QED) is 0.465. The Labute approximate surface area is 184 Å². The van der Waals surface area contributed by atoms with Gasteiger partial charge in [-0.05, 0) is 68.3 Å². The van der Waals surface area contributed by atoms with Gasteiger partial charge in [0.2, 0.25) is 15.9 Å². The molecular weight excluding hydrogens is 439 g/mol. The van der Waals surface area contributed by atoms with Crippen molar-refractivity contribution in [2.75, 3.05) is 11.5 Å². The van der Waals surface area contributed by atoms with E-state index < -0.39 is 45.7 Å². The van der Waals surface area contributed by atoms with E-state index in [-0.39, 0.29) is 29.2 Å². The Morgan fingerprint density at radius 3 is 2.28 bits per heavy atom. The molecule has 10 heteroatoms. The van der Waals surface area contributed by atoms with Crippen LogP contribution in [0.5, 0.6) is 0 Å². The van der Waals surface area contributed by atoms with E-state index in [9.17, 15) is 27.2 Å². The van der Waals surface area contributed by atoms with Crippen LogP contribution >= 0.6 is 0 Å². The molecule has 2 amide bonds. The molecule has 2 aliphatic rings. The Morgan fingerprint density at radius 2 is 1.72 bits per heavy atom. The Morgan fingerprint density at radius 1 is 1.09 bits per heavy atom. The molecule has 1 unspecified atom stereocenters. The highest BCUT2D eigenvalue weighted by atomic mass is 32.2. The van der Waals surface area contributed by atoms with Gasteiger partial charge in [0.1, 0.15) is 11.9 Å². The van der Waals surface area contributed by atoms with Gasteiger partial charge in [-0.15, -0.1) is 0 Å². The summed E-state index contributed by atoms with van der Waals surface area (Å²) in [7, 11) is -4.12. The van der Waals surface area contributed by atoms with Crippen molar-refractivity contribution in [1.82, 2.24) is 4.31 Å². The minimum atomic E-state index is -4.12. The third-order valence-corrected chi connectivity index (χ3v) is 7.34. The van der Waals surface area contributed by atoms with E-state index in [1.165, 1.54) is 24.3 Å². The summed E-state index contributed by atoms with van der Waals surface area (Å²) in [5.74, 6) is -2.30. The van der Waals surface area contributed by atoms with Crippen LogP contribution in [0.3, 0.4) is 0 Å². The van der Waals surface area contributed by atoms with Crippen molar-refractivity contribution in [3.63, 3.8) is 0 Å². The number of sulfonamides is 1. The average molecular weight is 460 g/mol. The predicted molar refractivity (Wildman–Crippen MR) is 112 cm³/mol. The molecule has 1 aliphatic carbocycles. The van der Waals surface area contributed by atoms with Gasteiger partial charge in [0.25, 0.3) is 5.91 Å². The van der Waals surface area contributed by atoms with Crippen molar-refractivity contribution in [3.05, 3.63) is 59.9 Å². The molecule has 4 rings (SSSR count). The maximum Gasteiger partial charge on any atom is 0.338 e. The van der Waals surface area contributed by atoms with E-state index in [0.717, 1.165) is 33.5 Å². The normalized spacial score (nSPS) is 19.0. The zero-order valence-corrected chi connectivity index (χ0v) is 18.0. The first-order valence-corrected chi connectivity index (χ1v) is 11.6. The van der Waals surface area contributed by atoms with Gasteiger partial charge in [0.05, 0.1) is 29.2 Å². The van der Waals surface area contributed by atoms with Gasteiger partial charge in [-0.3, -0.25) is 9.59 Å². The smallest absolute Gasteiger partial charge is 0.338 e. The summed E-state index contributed by atoms with van der Waals surface area (Å²) in [6, 6.07) is 8.56. The van der Waals surface area contributed by atoms with E-state index in [4.69, 9.17) is 4.74 Å². The van der Waals surface area contributed by atoms with Crippen molar-refractivity contribution in [1.29, 1.82) is 0 Å². The van der Waals surface area contributed by atoms with Crippen molar-refractivity contribution in [3.8, 4) is 0 Å². The first-order chi connectivity index (χ1) is 15.2. The molecule has 1 atom stereocenters. The average Bonchev–Trinajstić information content (AvgIpc) is 3.54. The minimum absolute atomic E-state index is 0.136. The van der Waals surface area contributed by atoms with Crippen LogP contribution < -0.4 is 4.90 Å². The van der Waals surface area contributed by atoms with Crippen LogP contribution in [-0.4, -0.2) is 49.2 Å². The third-order valence-electron chi connectivity index (χ3n) is 5.36. The lowest BCUT2D eigenvalue weighted by atomic mass is 10.2. The first kappa shape index (κ1) is 22.1. The molecule has 0 aromatic heterocycles. The summed E-state index contributed by atoms with van der Waals surface area (Å²) in [4.78, 5) is 38.5. The second-order valence-corrected chi connectivity index (χ2v) is 9.42. The van der Waals surface area contributed by atoms with E-state index in [1.807, 2.05) is 0 Å². The van der Waals surface area contributed by atoms with Crippen molar-refractivity contribution < 1.29 is 31.9 Å². The lowest BCUT2D eigenvalue weighted by Crippen LogP contribution is -2.46. The van der Waals surface area contributed by atoms with Gasteiger partial charge in [-0.1, -0.05) is 0 Å². The molecule has 0 N–H and O–H groups in total. The molecule has 2 aromatic rings. The second kappa shape index (κ2) is 8.44. The number of rotatable bonds is 7. The van der Waals surface area contributed by atoms with Gasteiger partial charge in [-0.25, -0.2) is 22.5 Å². The zero-order valence-electron chi connectivity index (χ0n) is 17.2. The number of hydrogen-bond donors (Lipinski definition) is 0. The standard InChI is InChI=1S/C22H21FN2O6S/c1-2-31-22(28)14-3-7-16(8-4-14)24-20(26)13-19(21(24)27)25(17-9-10-17)32(29,30)18-11-5-15(23)6-12-18/h3-8,11-12,17,19H,2,9-10,13H2,1H3. The summed E-state index contributed by atoms with van der Waals surface area (Å²) in [6.45, 7) is 1.89. The summed E-state index contributed by atoms with van der Waals surface area (Å²) in [5, 5.41) is 0. The second-order valence-electron chi connectivity index (χ2n) is 7.57. The summed E-state index contributed by atoms with van der Waals surface area (Å²) in [6.07, 6.45) is 0.856. The van der Waals surface area contributed by atoms with Crippen molar-refractivity contribution in [2.24, 2.45) is 0 Å². The van der Waals surface area contributed by atoms with Crippen LogP contribution in [0, 0.1) is 5.82 Å². The molecule has 2 fully saturated rings. The van der Waals surface area contributed by atoms with Crippen molar-refractivity contribution >= 4 is 33.5 Å². The number of benzene rings is 2. The van der Waals surface area contributed by atoms with Crippen LogP contribution in [0.25, 0.3) is 0 Å². The highest BCUT2D eigenvalue weighted by Gasteiger charge is 2.51. The highest BCUT2D eigenvalue weighted by Crippen LogP contribution is 2.38. The molecular formula is C22H21FN2O6S. The minimum Gasteiger partial charge on any atom is -0.462 e. The van der Waals surface area contributed by atoms with Crippen LogP contribution in [-0.2, 0) is 24.3 Å². The Hall–Kier alpha value is -3.11. The number of halogens is 1. The molecule has 1 heterocycles. The molecule has 168 valence electrons. The fourth-order valence-electron chi connectivity index (χ4n) is 3.72. The maximum atomic E-state index is 13.3. The van der Waals surface area contributed by atoms with Gasteiger partial charge in [-0.2, -0.15) is 4.31 Å². The maximum absolute atomic E-state index is 13.3.